The van der Waals surface area contributed by atoms with Crippen LogP contribution in [0.15, 0.2) is 42.6 Å². The third-order valence-electron chi connectivity index (χ3n) is 7.60. The smallest absolute Gasteiger partial charge is 0.329 e. The van der Waals surface area contributed by atoms with E-state index in [1.165, 1.54) is 83.5 Å². The molecule has 0 saturated heterocycles. The van der Waals surface area contributed by atoms with E-state index in [4.69, 9.17) is 4.74 Å². The second-order valence-electron chi connectivity index (χ2n) is 13.1. The van der Waals surface area contributed by atoms with E-state index in [2.05, 4.69) is 32.9 Å². The van der Waals surface area contributed by atoms with Crippen LogP contribution in [0.2, 0.25) is 0 Å². The van der Waals surface area contributed by atoms with Crippen molar-refractivity contribution in [2.45, 2.75) is 142 Å². The molecule has 0 aromatic heterocycles. The van der Waals surface area contributed by atoms with Crippen LogP contribution in [-0.2, 0) is 20.7 Å². The molecule has 0 spiro atoms. The first-order chi connectivity index (χ1) is 18.9. The Kier molecular flexibility index (Phi) is 17.8. The molecule has 1 N–H and O–H groups in total. The van der Waals surface area contributed by atoms with Gasteiger partial charge >= 0.3 is 5.97 Å². The van der Waals surface area contributed by atoms with Gasteiger partial charge < -0.3 is 10.1 Å². The molecule has 0 radical (unpaired) electrons. The van der Waals surface area contributed by atoms with Gasteiger partial charge in [0.05, 0.1) is 20.6 Å². The summed E-state index contributed by atoms with van der Waals surface area (Å²) in [5.74, 6) is -0.601. The van der Waals surface area contributed by atoms with Crippen LogP contribution in [0, 0.1) is 0 Å². The zero-order valence-electron chi connectivity index (χ0n) is 26.9. The summed E-state index contributed by atoms with van der Waals surface area (Å²) in [5.41, 5.74) is 1.22. The average molecular weight is 558 g/mol. The molecule has 0 fully saturated rings. The zero-order valence-corrected chi connectivity index (χ0v) is 26.9. The second-order valence-corrected chi connectivity index (χ2v) is 13.1. The molecule has 0 bridgehead atoms. The number of rotatable bonds is 22. The first-order valence-corrected chi connectivity index (χ1v) is 16.0. The number of hydrogen-bond acceptors (Lipinski definition) is 3. The minimum atomic E-state index is -0.733. The van der Waals surface area contributed by atoms with Gasteiger partial charge in [-0.3, -0.25) is 9.28 Å². The van der Waals surface area contributed by atoms with Crippen molar-refractivity contribution in [3.8, 4) is 0 Å². The molecule has 0 heterocycles. The molecule has 0 aliphatic heterocycles. The van der Waals surface area contributed by atoms with Crippen LogP contribution in [0.5, 0.6) is 0 Å². The van der Waals surface area contributed by atoms with E-state index < -0.39 is 17.6 Å². The molecular formula is C35H61N2O3+. The van der Waals surface area contributed by atoms with E-state index in [9.17, 15) is 9.59 Å². The summed E-state index contributed by atoms with van der Waals surface area (Å²) in [6, 6.07) is 8.98. The number of ether oxygens (including phenoxy) is 1. The van der Waals surface area contributed by atoms with Gasteiger partial charge in [-0.15, -0.1) is 0 Å². The summed E-state index contributed by atoms with van der Waals surface area (Å²) in [7, 11) is 4.24. The number of nitrogens with one attached hydrogen (secondary N) is 1. The van der Waals surface area contributed by atoms with Crippen molar-refractivity contribution in [3.63, 3.8) is 0 Å². The highest BCUT2D eigenvalue weighted by atomic mass is 16.6. The summed E-state index contributed by atoms with van der Waals surface area (Å²) < 4.78 is 6.21. The van der Waals surface area contributed by atoms with Crippen LogP contribution in [-0.4, -0.2) is 48.6 Å². The summed E-state index contributed by atoms with van der Waals surface area (Å²) in [6.45, 7) is 13.0. The predicted molar refractivity (Wildman–Crippen MR) is 169 cm³/mol. The third kappa shape index (κ3) is 17.5. The number of carbonyl (C=O) groups is 2. The maximum absolute atomic E-state index is 13.0. The van der Waals surface area contributed by atoms with Gasteiger partial charge in [0.1, 0.15) is 23.8 Å². The molecular weight excluding hydrogens is 496 g/mol. The highest BCUT2D eigenvalue weighted by Crippen LogP contribution is 2.18. The molecule has 228 valence electrons. The standard InChI is InChI=1S/C35H60N2O3/c1-8-9-10-11-12-13-14-15-16-17-18-19-20-24-27-37(6,7)30(2)28-33(38)36-32(34(39)40-35(3,4)5)29-31-25-22-21-23-26-31/h21-23,25-26,32H,2,8-20,24,27-29H2,1,3-7H3/p+1/t32-/m0/s1. The summed E-state index contributed by atoms with van der Waals surface area (Å²) in [4.78, 5) is 25.9. The van der Waals surface area contributed by atoms with Gasteiger partial charge in [0.2, 0.25) is 5.91 Å². The Labute approximate surface area is 246 Å². The fourth-order valence-corrected chi connectivity index (χ4v) is 4.92. The molecule has 0 aliphatic rings. The molecule has 1 aromatic rings. The highest BCUT2D eigenvalue weighted by molar-refractivity contribution is 5.85. The van der Waals surface area contributed by atoms with Gasteiger partial charge in [0, 0.05) is 6.42 Å². The monoisotopic (exact) mass is 557 g/mol. The van der Waals surface area contributed by atoms with Gasteiger partial charge in [0.25, 0.3) is 0 Å². The molecule has 5 heteroatoms. The molecule has 40 heavy (non-hydrogen) atoms. The number of unbranched alkanes of at least 4 members (excludes halogenated alkanes) is 13. The van der Waals surface area contributed by atoms with Crippen LogP contribution in [0.1, 0.15) is 130 Å². The van der Waals surface area contributed by atoms with Crippen LogP contribution in [0.3, 0.4) is 0 Å². The first-order valence-electron chi connectivity index (χ1n) is 16.0. The molecule has 0 saturated carbocycles. The summed E-state index contributed by atoms with van der Waals surface area (Å²) in [5, 5.41) is 2.93. The van der Waals surface area contributed by atoms with E-state index in [1.807, 2.05) is 51.1 Å². The SMILES string of the molecule is C=C(CC(=O)N[C@@H](Cc1ccccc1)C(=O)OC(C)(C)C)[N+](C)(C)CCCCCCCCCCCCCCCC. The van der Waals surface area contributed by atoms with Crippen molar-refractivity contribution >= 4 is 11.9 Å². The minimum absolute atomic E-state index is 0.191. The van der Waals surface area contributed by atoms with Crippen LogP contribution < -0.4 is 5.32 Å². The summed E-state index contributed by atoms with van der Waals surface area (Å²) in [6.07, 6.45) is 19.4. The Morgan fingerprint density at radius 1 is 0.825 bits per heavy atom. The zero-order chi connectivity index (χ0) is 29.9. The number of carbonyl (C=O) groups excluding carboxylic acids is 2. The normalized spacial score (nSPS) is 12.7. The fraction of sp³-hybridized carbons (Fsp3) is 0.714. The topological polar surface area (TPSA) is 55.4 Å². The number of quaternary nitrogens is 1. The number of esters is 1. The molecule has 1 amide bonds. The fourth-order valence-electron chi connectivity index (χ4n) is 4.92. The third-order valence-corrected chi connectivity index (χ3v) is 7.60. The lowest BCUT2D eigenvalue weighted by Gasteiger charge is -2.31. The number of benzene rings is 1. The Hall–Kier alpha value is -2.14. The van der Waals surface area contributed by atoms with Gasteiger partial charge in [0.15, 0.2) is 0 Å². The predicted octanol–water partition coefficient (Wildman–Crippen LogP) is 8.52. The van der Waals surface area contributed by atoms with E-state index >= 15 is 0 Å². The Balaban J connectivity index is 2.34. The van der Waals surface area contributed by atoms with Crippen molar-refractivity contribution in [3.05, 3.63) is 48.2 Å². The van der Waals surface area contributed by atoms with E-state index in [0.29, 0.717) is 10.9 Å². The Morgan fingerprint density at radius 2 is 1.30 bits per heavy atom. The van der Waals surface area contributed by atoms with Crippen molar-refractivity contribution in [1.29, 1.82) is 0 Å². The summed E-state index contributed by atoms with van der Waals surface area (Å²) >= 11 is 0. The molecule has 0 aliphatic carbocycles. The number of amides is 1. The lowest BCUT2D eigenvalue weighted by Crippen LogP contribution is -2.47. The van der Waals surface area contributed by atoms with Gasteiger partial charge in [-0.1, -0.05) is 114 Å². The number of hydrogen-bond donors (Lipinski definition) is 1. The van der Waals surface area contributed by atoms with Crippen molar-refractivity contribution in [2.75, 3.05) is 20.6 Å². The van der Waals surface area contributed by atoms with Gasteiger partial charge in [-0.25, -0.2) is 4.79 Å². The maximum Gasteiger partial charge on any atom is 0.329 e. The largest absolute Gasteiger partial charge is 0.458 e. The van der Waals surface area contributed by atoms with E-state index in [-0.39, 0.29) is 12.3 Å². The van der Waals surface area contributed by atoms with Gasteiger partial charge in [-0.05, 0) is 45.8 Å². The first kappa shape index (κ1) is 35.9. The van der Waals surface area contributed by atoms with Crippen molar-refractivity contribution in [2.24, 2.45) is 0 Å². The van der Waals surface area contributed by atoms with Crippen molar-refractivity contribution in [1.82, 2.24) is 5.32 Å². The van der Waals surface area contributed by atoms with Gasteiger partial charge in [-0.2, -0.15) is 0 Å². The lowest BCUT2D eigenvalue weighted by atomic mass is 10.0. The number of nitrogens with zero attached hydrogens (tertiary/aromatic N) is 1. The lowest BCUT2D eigenvalue weighted by molar-refractivity contribution is -0.853. The molecule has 1 atom stereocenters. The molecule has 1 aromatic carbocycles. The Bertz CT molecular complexity index is 842. The maximum atomic E-state index is 13.0. The molecule has 5 nitrogen and oxygen atoms in total. The van der Waals surface area contributed by atoms with Crippen LogP contribution >= 0.6 is 0 Å². The van der Waals surface area contributed by atoms with E-state index in [0.717, 1.165) is 24.2 Å². The molecule has 1 rings (SSSR count). The minimum Gasteiger partial charge on any atom is -0.458 e. The second kappa shape index (κ2) is 19.9. The van der Waals surface area contributed by atoms with E-state index in [1.54, 1.807) is 0 Å². The van der Waals surface area contributed by atoms with Crippen LogP contribution in [0.4, 0.5) is 0 Å². The van der Waals surface area contributed by atoms with Crippen LogP contribution in [0.25, 0.3) is 0 Å². The highest BCUT2D eigenvalue weighted by Gasteiger charge is 2.29. The van der Waals surface area contributed by atoms with Crippen molar-refractivity contribution < 1.29 is 18.8 Å². The quantitative estimate of drug-likeness (QED) is 0.0883. The molecule has 0 unspecified atom stereocenters. The average Bonchev–Trinajstić information content (AvgIpc) is 2.88. The Morgan fingerprint density at radius 3 is 1.77 bits per heavy atom.